The van der Waals surface area contributed by atoms with Crippen molar-refractivity contribution < 1.29 is 19.4 Å². The zero-order valence-electron chi connectivity index (χ0n) is 9.69. The zero-order valence-corrected chi connectivity index (χ0v) is 9.69. The van der Waals surface area contributed by atoms with Gasteiger partial charge in [0.2, 0.25) is 0 Å². The smallest absolute Gasteiger partial charge is 0.412 e. The molecule has 0 saturated carbocycles. The Kier molecular flexibility index (Phi) is 3.57. The second-order valence-corrected chi connectivity index (χ2v) is 4.71. The van der Waals surface area contributed by atoms with Crippen molar-refractivity contribution in [2.24, 2.45) is 0 Å². The highest BCUT2D eigenvalue weighted by Crippen LogP contribution is 2.20. The summed E-state index contributed by atoms with van der Waals surface area (Å²) in [5.74, 6) is 0. The number of aliphatic hydroxyl groups excluding tert-OH is 1. The van der Waals surface area contributed by atoms with Crippen molar-refractivity contribution in [2.75, 3.05) is 13.2 Å². The summed E-state index contributed by atoms with van der Waals surface area (Å²) < 4.78 is 10.5. The first kappa shape index (κ1) is 12.3. The summed E-state index contributed by atoms with van der Waals surface area (Å²) in [7, 11) is 0. The number of aliphatic hydroxyl groups is 1. The second-order valence-electron chi connectivity index (χ2n) is 4.71. The second kappa shape index (κ2) is 4.37. The van der Waals surface area contributed by atoms with Gasteiger partial charge >= 0.3 is 6.09 Å². The van der Waals surface area contributed by atoms with E-state index in [2.05, 4.69) is 0 Å². The molecule has 0 aromatic rings. The van der Waals surface area contributed by atoms with Gasteiger partial charge in [-0.15, -0.1) is 0 Å². The molecular weight excluding hydrogens is 198 g/mol. The Bertz CT molecular complexity index is 236. The van der Waals surface area contributed by atoms with Gasteiger partial charge in [0.25, 0.3) is 0 Å². The minimum atomic E-state index is -0.574. The lowest BCUT2D eigenvalue weighted by molar-refractivity contribution is -0.0327. The highest BCUT2D eigenvalue weighted by Gasteiger charge is 2.37. The van der Waals surface area contributed by atoms with E-state index in [0.29, 0.717) is 6.61 Å². The Morgan fingerprint density at radius 1 is 1.60 bits per heavy atom. The molecule has 0 aromatic carbocycles. The van der Waals surface area contributed by atoms with Crippen LogP contribution in [0, 0.1) is 0 Å². The van der Waals surface area contributed by atoms with Crippen molar-refractivity contribution in [3.05, 3.63) is 0 Å². The summed E-state index contributed by atoms with van der Waals surface area (Å²) in [6, 6.07) is -0.0583. The summed E-state index contributed by atoms with van der Waals surface area (Å²) >= 11 is 0. The van der Waals surface area contributed by atoms with Crippen molar-refractivity contribution >= 4 is 6.09 Å². The van der Waals surface area contributed by atoms with Crippen LogP contribution in [0.3, 0.4) is 0 Å². The fourth-order valence-corrected chi connectivity index (χ4v) is 1.45. The van der Waals surface area contributed by atoms with Crippen LogP contribution in [-0.2, 0) is 9.47 Å². The molecule has 0 aliphatic carbocycles. The van der Waals surface area contributed by atoms with Gasteiger partial charge in [0.15, 0.2) is 6.23 Å². The van der Waals surface area contributed by atoms with Crippen LogP contribution in [0.2, 0.25) is 0 Å². The van der Waals surface area contributed by atoms with E-state index in [1.165, 1.54) is 4.90 Å². The van der Waals surface area contributed by atoms with E-state index in [-0.39, 0.29) is 12.6 Å². The Hall–Kier alpha value is -0.810. The van der Waals surface area contributed by atoms with Crippen LogP contribution in [0.25, 0.3) is 0 Å². The van der Waals surface area contributed by atoms with Gasteiger partial charge in [-0.05, 0) is 27.7 Å². The third-order valence-corrected chi connectivity index (χ3v) is 2.08. The van der Waals surface area contributed by atoms with Crippen molar-refractivity contribution in [3.63, 3.8) is 0 Å². The Labute approximate surface area is 90.0 Å². The van der Waals surface area contributed by atoms with E-state index >= 15 is 0 Å². The molecule has 1 fully saturated rings. The number of nitrogens with zero attached hydrogens (tertiary/aromatic N) is 1. The maximum Gasteiger partial charge on any atom is 0.412 e. The summed E-state index contributed by atoms with van der Waals surface area (Å²) in [4.78, 5) is 13.2. The summed E-state index contributed by atoms with van der Waals surface area (Å²) in [5.41, 5.74) is -0.528. The van der Waals surface area contributed by atoms with Crippen molar-refractivity contribution in [2.45, 2.75) is 45.6 Å². The van der Waals surface area contributed by atoms with E-state index in [4.69, 9.17) is 14.6 Å². The highest BCUT2D eigenvalue weighted by molar-refractivity contribution is 5.69. The van der Waals surface area contributed by atoms with Crippen molar-refractivity contribution in [1.82, 2.24) is 4.90 Å². The predicted octanol–water partition coefficient (Wildman–Crippen LogP) is 0.961. The van der Waals surface area contributed by atoms with Crippen LogP contribution >= 0.6 is 0 Å². The molecule has 5 heteroatoms. The molecule has 1 rings (SSSR count). The number of rotatable bonds is 1. The lowest BCUT2D eigenvalue weighted by Crippen LogP contribution is -2.45. The Balaban J connectivity index is 2.64. The molecule has 1 aliphatic heterocycles. The third kappa shape index (κ3) is 3.07. The minimum Gasteiger partial charge on any atom is -0.444 e. The Morgan fingerprint density at radius 2 is 2.20 bits per heavy atom. The standard InChI is InChI=1S/C10H19NO4/c1-7-6-14-8(5-12)11(7)9(13)15-10(2,3)4/h7-8,12H,5-6H2,1-4H3/t7-,8?/m0/s1. The van der Waals surface area contributed by atoms with Gasteiger partial charge in [-0.25, -0.2) is 4.79 Å². The SMILES string of the molecule is C[C@H]1COC(CO)N1C(=O)OC(C)(C)C. The molecule has 0 aromatic heterocycles. The average Bonchev–Trinajstić information content (AvgIpc) is 2.43. The van der Waals surface area contributed by atoms with Gasteiger partial charge in [0.1, 0.15) is 5.60 Å². The number of hydrogen-bond acceptors (Lipinski definition) is 4. The first-order valence-corrected chi connectivity index (χ1v) is 5.09. The van der Waals surface area contributed by atoms with Gasteiger partial charge < -0.3 is 14.6 Å². The average molecular weight is 217 g/mol. The number of hydrogen-bond donors (Lipinski definition) is 1. The molecule has 1 saturated heterocycles. The lowest BCUT2D eigenvalue weighted by atomic mass is 10.2. The molecule has 1 aliphatic rings. The molecule has 1 heterocycles. The molecule has 2 atom stereocenters. The summed E-state index contributed by atoms with van der Waals surface area (Å²) in [6.45, 7) is 7.51. The first-order valence-electron chi connectivity index (χ1n) is 5.09. The molecular formula is C10H19NO4. The zero-order chi connectivity index (χ0) is 11.6. The van der Waals surface area contributed by atoms with Crippen LogP contribution in [0.5, 0.6) is 0 Å². The molecule has 88 valence electrons. The highest BCUT2D eigenvalue weighted by atomic mass is 16.6. The summed E-state index contributed by atoms with van der Waals surface area (Å²) in [5, 5.41) is 9.03. The molecule has 0 spiro atoms. The van der Waals surface area contributed by atoms with E-state index in [0.717, 1.165) is 0 Å². The number of carbonyl (C=O) groups is 1. The van der Waals surface area contributed by atoms with Crippen LogP contribution in [0.4, 0.5) is 4.79 Å². The molecule has 15 heavy (non-hydrogen) atoms. The fourth-order valence-electron chi connectivity index (χ4n) is 1.45. The number of carbonyl (C=O) groups excluding carboxylic acids is 1. The number of ether oxygens (including phenoxy) is 2. The molecule has 1 amide bonds. The van der Waals surface area contributed by atoms with E-state index in [9.17, 15) is 4.79 Å². The van der Waals surface area contributed by atoms with E-state index < -0.39 is 17.9 Å². The largest absolute Gasteiger partial charge is 0.444 e. The fraction of sp³-hybridized carbons (Fsp3) is 0.900. The van der Waals surface area contributed by atoms with Crippen LogP contribution in [0.15, 0.2) is 0 Å². The van der Waals surface area contributed by atoms with Gasteiger partial charge in [-0.2, -0.15) is 0 Å². The van der Waals surface area contributed by atoms with Gasteiger partial charge in [0, 0.05) is 0 Å². The molecule has 0 radical (unpaired) electrons. The van der Waals surface area contributed by atoms with Crippen molar-refractivity contribution in [1.29, 1.82) is 0 Å². The topological polar surface area (TPSA) is 59.0 Å². The monoisotopic (exact) mass is 217 g/mol. The van der Waals surface area contributed by atoms with E-state index in [1.54, 1.807) is 20.8 Å². The van der Waals surface area contributed by atoms with Crippen LogP contribution < -0.4 is 0 Å². The quantitative estimate of drug-likeness (QED) is 0.710. The van der Waals surface area contributed by atoms with Gasteiger partial charge in [-0.3, -0.25) is 4.90 Å². The Morgan fingerprint density at radius 3 is 2.67 bits per heavy atom. The van der Waals surface area contributed by atoms with Gasteiger partial charge in [-0.1, -0.05) is 0 Å². The number of amides is 1. The van der Waals surface area contributed by atoms with Crippen molar-refractivity contribution in [3.8, 4) is 0 Å². The molecule has 1 N–H and O–H groups in total. The first-order chi connectivity index (χ1) is 6.85. The summed E-state index contributed by atoms with van der Waals surface area (Å²) in [6.07, 6.45) is -1.01. The molecule has 0 bridgehead atoms. The predicted molar refractivity (Wildman–Crippen MR) is 54.4 cm³/mol. The normalized spacial score (nSPS) is 26.9. The third-order valence-electron chi connectivity index (χ3n) is 2.08. The maximum atomic E-state index is 11.8. The lowest BCUT2D eigenvalue weighted by Gasteiger charge is -2.28. The molecule has 5 nitrogen and oxygen atoms in total. The van der Waals surface area contributed by atoms with Gasteiger partial charge in [0.05, 0.1) is 19.3 Å². The van der Waals surface area contributed by atoms with E-state index in [1.807, 2.05) is 6.92 Å². The maximum absolute atomic E-state index is 11.8. The van der Waals surface area contributed by atoms with Crippen LogP contribution in [-0.4, -0.2) is 47.2 Å². The van der Waals surface area contributed by atoms with Crippen LogP contribution in [0.1, 0.15) is 27.7 Å². The minimum absolute atomic E-state index is 0.0583. The molecule has 1 unspecified atom stereocenters.